The van der Waals surface area contributed by atoms with Gasteiger partial charge in [0.05, 0.1) is 11.5 Å². The molecule has 2 N–H and O–H groups in total. The van der Waals surface area contributed by atoms with E-state index in [2.05, 4.69) is 4.74 Å². The summed E-state index contributed by atoms with van der Waals surface area (Å²) in [7, 11) is 0. The van der Waals surface area contributed by atoms with Gasteiger partial charge in [0.1, 0.15) is 5.75 Å². The Hall–Kier alpha value is -2.22. The van der Waals surface area contributed by atoms with Crippen LogP contribution in [0, 0.1) is 5.92 Å². The van der Waals surface area contributed by atoms with E-state index in [0.29, 0.717) is 32.6 Å². The molecule has 2 heterocycles. The maximum absolute atomic E-state index is 12.8. The minimum atomic E-state index is -3.00. The summed E-state index contributed by atoms with van der Waals surface area (Å²) in [6.07, 6.45) is 3.01. The number of nitrogens with two attached hydrogens (primary N) is 1. The molecule has 8 heteroatoms. The van der Waals surface area contributed by atoms with E-state index in [1.807, 2.05) is 4.90 Å². The fourth-order valence-corrected chi connectivity index (χ4v) is 3.75. The second kappa shape index (κ2) is 8.65. The predicted molar refractivity (Wildman–Crippen MR) is 95.5 cm³/mol. The zero-order valence-electron chi connectivity index (χ0n) is 15.2. The van der Waals surface area contributed by atoms with E-state index in [9.17, 15) is 18.4 Å². The average Bonchev–Trinajstić information content (AvgIpc) is 2.67. The van der Waals surface area contributed by atoms with Crippen LogP contribution in [-0.2, 0) is 4.79 Å². The Morgan fingerprint density at radius 3 is 2.48 bits per heavy atom. The van der Waals surface area contributed by atoms with Crippen LogP contribution in [0.5, 0.6) is 5.75 Å². The summed E-state index contributed by atoms with van der Waals surface area (Å²) in [4.78, 5) is 29.0. The Morgan fingerprint density at radius 2 is 1.78 bits per heavy atom. The molecule has 148 valence electrons. The third-order valence-corrected chi connectivity index (χ3v) is 5.24. The summed E-state index contributed by atoms with van der Waals surface area (Å²) < 4.78 is 29.7. The van der Waals surface area contributed by atoms with Crippen molar-refractivity contribution in [2.24, 2.45) is 11.7 Å². The minimum absolute atomic E-state index is 0.0523. The molecule has 6 nitrogen and oxygen atoms in total. The Balaban J connectivity index is 1.67. The van der Waals surface area contributed by atoms with Crippen molar-refractivity contribution in [2.45, 2.75) is 38.3 Å². The lowest BCUT2D eigenvalue weighted by atomic mass is 9.94. The van der Waals surface area contributed by atoms with E-state index in [4.69, 9.17) is 5.73 Å². The van der Waals surface area contributed by atoms with Crippen LogP contribution in [0.3, 0.4) is 0 Å². The predicted octanol–water partition coefficient (Wildman–Crippen LogP) is 2.09. The Labute approximate surface area is 157 Å². The molecule has 0 aliphatic carbocycles. The molecule has 27 heavy (non-hydrogen) atoms. The van der Waals surface area contributed by atoms with Gasteiger partial charge in [0.25, 0.3) is 5.91 Å². The van der Waals surface area contributed by atoms with E-state index >= 15 is 0 Å². The minimum Gasteiger partial charge on any atom is -0.434 e. The van der Waals surface area contributed by atoms with Crippen LogP contribution in [0.2, 0.25) is 0 Å². The summed E-state index contributed by atoms with van der Waals surface area (Å²) in [5, 5.41) is 0. The smallest absolute Gasteiger partial charge is 0.387 e. The summed E-state index contributed by atoms with van der Waals surface area (Å²) in [6, 6.07) is 6.11. The monoisotopic (exact) mass is 381 g/mol. The van der Waals surface area contributed by atoms with Gasteiger partial charge in [0.2, 0.25) is 5.91 Å². The highest BCUT2D eigenvalue weighted by atomic mass is 19.3. The molecule has 2 saturated heterocycles. The van der Waals surface area contributed by atoms with Crippen LogP contribution in [0.25, 0.3) is 0 Å². The van der Waals surface area contributed by atoms with Gasteiger partial charge in [-0.15, -0.1) is 0 Å². The van der Waals surface area contributed by atoms with E-state index in [0.717, 1.165) is 19.3 Å². The number of amides is 2. The molecule has 2 amide bonds. The molecule has 1 atom stereocenters. The normalized spacial score (nSPS) is 21.4. The molecule has 0 radical (unpaired) electrons. The summed E-state index contributed by atoms with van der Waals surface area (Å²) in [5.74, 6) is -0.739. The molecular weight excluding hydrogens is 356 g/mol. The lowest BCUT2D eigenvalue weighted by Crippen LogP contribution is -2.50. The second-order valence-electron chi connectivity index (χ2n) is 7.13. The zero-order valence-corrected chi connectivity index (χ0v) is 15.2. The molecule has 0 aromatic heterocycles. The number of alkyl halides is 2. The molecule has 2 fully saturated rings. The standard InChI is InChI=1S/C19H25F2N3O3/c20-19(21)27-16-6-2-1-5-15(16)18(26)24-9-3-4-13(12-24)17(25)23-10-7-14(22)8-11-23/h1-2,5-6,13-14,19H,3-4,7-12,22H2. The Kier molecular flexibility index (Phi) is 6.26. The van der Waals surface area contributed by atoms with Crippen molar-refractivity contribution < 1.29 is 23.1 Å². The molecule has 2 aliphatic rings. The number of ether oxygens (including phenoxy) is 1. The lowest BCUT2D eigenvalue weighted by Gasteiger charge is -2.37. The first-order chi connectivity index (χ1) is 13.0. The van der Waals surface area contributed by atoms with Crippen LogP contribution < -0.4 is 10.5 Å². The molecule has 0 saturated carbocycles. The molecule has 1 aromatic rings. The fourth-order valence-electron chi connectivity index (χ4n) is 3.75. The number of hydrogen-bond acceptors (Lipinski definition) is 4. The fraction of sp³-hybridized carbons (Fsp3) is 0.579. The second-order valence-corrected chi connectivity index (χ2v) is 7.13. The van der Waals surface area contributed by atoms with E-state index in [1.54, 1.807) is 11.0 Å². The van der Waals surface area contributed by atoms with Gasteiger partial charge in [-0.1, -0.05) is 12.1 Å². The van der Waals surface area contributed by atoms with Crippen LogP contribution in [0.4, 0.5) is 8.78 Å². The van der Waals surface area contributed by atoms with Crippen molar-refractivity contribution in [3.05, 3.63) is 29.8 Å². The van der Waals surface area contributed by atoms with Crippen LogP contribution in [0.15, 0.2) is 24.3 Å². The molecule has 0 spiro atoms. The van der Waals surface area contributed by atoms with Crippen molar-refractivity contribution in [2.75, 3.05) is 26.2 Å². The zero-order chi connectivity index (χ0) is 19.4. The van der Waals surface area contributed by atoms with Crippen LogP contribution in [0.1, 0.15) is 36.0 Å². The quantitative estimate of drug-likeness (QED) is 0.867. The van der Waals surface area contributed by atoms with Crippen molar-refractivity contribution >= 4 is 11.8 Å². The molecule has 2 aliphatic heterocycles. The van der Waals surface area contributed by atoms with Gasteiger partial charge >= 0.3 is 6.61 Å². The molecule has 1 unspecified atom stereocenters. The van der Waals surface area contributed by atoms with Gasteiger partial charge in [-0.25, -0.2) is 0 Å². The first-order valence-corrected chi connectivity index (χ1v) is 9.33. The number of piperidine rings is 2. The number of para-hydroxylation sites is 1. The molecule has 3 rings (SSSR count). The first-order valence-electron chi connectivity index (χ1n) is 9.33. The van der Waals surface area contributed by atoms with E-state index in [-0.39, 0.29) is 35.1 Å². The highest BCUT2D eigenvalue weighted by Gasteiger charge is 2.33. The average molecular weight is 381 g/mol. The van der Waals surface area contributed by atoms with Crippen LogP contribution >= 0.6 is 0 Å². The number of halogens is 2. The Bertz CT molecular complexity index is 678. The van der Waals surface area contributed by atoms with Gasteiger partial charge in [-0.2, -0.15) is 8.78 Å². The number of rotatable bonds is 4. The number of likely N-dealkylation sites (tertiary alicyclic amines) is 2. The molecular formula is C19H25F2N3O3. The molecule has 0 bridgehead atoms. The van der Waals surface area contributed by atoms with Crippen molar-refractivity contribution in [1.29, 1.82) is 0 Å². The summed E-state index contributed by atoms with van der Waals surface area (Å²) in [6.45, 7) is -0.912. The van der Waals surface area contributed by atoms with Crippen molar-refractivity contribution in [3.63, 3.8) is 0 Å². The maximum atomic E-state index is 12.8. The Morgan fingerprint density at radius 1 is 1.07 bits per heavy atom. The maximum Gasteiger partial charge on any atom is 0.387 e. The van der Waals surface area contributed by atoms with Crippen molar-refractivity contribution in [3.8, 4) is 5.75 Å². The number of carbonyl (C=O) groups is 2. The summed E-state index contributed by atoms with van der Waals surface area (Å²) in [5.41, 5.74) is 5.99. The third kappa shape index (κ3) is 4.74. The largest absolute Gasteiger partial charge is 0.434 e. The van der Waals surface area contributed by atoms with Gasteiger partial charge in [0.15, 0.2) is 0 Å². The van der Waals surface area contributed by atoms with Gasteiger partial charge < -0.3 is 20.3 Å². The third-order valence-electron chi connectivity index (χ3n) is 5.24. The number of benzene rings is 1. The highest BCUT2D eigenvalue weighted by molar-refractivity contribution is 5.97. The van der Waals surface area contributed by atoms with Gasteiger partial charge in [0, 0.05) is 32.2 Å². The summed E-state index contributed by atoms with van der Waals surface area (Å²) >= 11 is 0. The topological polar surface area (TPSA) is 75.9 Å². The number of hydrogen-bond donors (Lipinski definition) is 1. The number of nitrogens with zero attached hydrogens (tertiary/aromatic N) is 2. The molecule has 1 aromatic carbocycles. The SMILES string of the molecule is NC1CCN(C(=O)C2CCCN(C(=O)c3ccccc3OC(F)F)C2)CC1. The van der Waals surface area contributed by atoms with Gasteiger partial charge in [-0.3, -0.25) is 9.59 Å². The number of carbonyl (C=O) groups excluding carboxylic acids is 2. The first kappa shape index (κ1) is 19.5. The van der Waals surface area contributed by atoms with E-state index < -0.39 is 6.61 Å². The van der Waals surface area contributed by atoms with Gasteiger partial charge in [-0.05, 0) is 37.8 Å². The van der Waals surface area contributed by atoms with Crippen LogP contribution in [-0.4, -0.2) is 60.4 Å². The van der Waals surface area contributed by atoms with Crippen molar-refractivity contribution in [1.82, 2.24) is 9.80 Å². The lowest BCUT2D eigenvalue weighted by molar-refractivity contribution is -0.138. The van der Waals surface area contributed by atoms with E-state index in [1.165, 1.54) is 18.2 Å². The highest BCUT2D eigenvalue weighted by Crippen LogP contribution is 2.26.